The number of nitrogens with one attached hydrogen (secondary N) is 1. The normalized spacial score (nSPS) is 16.5. The lowest BCUT2D eigenvalue weighted by Crippen LogP contribution is -2.19. The zero-order valence-corrected chi connectivity index (χ0v) is 9.61. The summed E-state index contributed by atoms with van der Waals surface area (Å²) < 4.78 is 0. The summed E-state index contributed by atoms with van der Waals surface area (Å²) in [6, 6.07) is 6.26. The zero-order chi connectivity index (χ0) is 11.4. The van der Waals surface area contributed by atoms with Gasteiger partial charge in [0.15, 0.2) is 0 Å². The molecule has 2 rings (SSSR count). The number of aromatic nitrogens is 1. The fourth-order valence-corrected chi connectivity index (χ4v) is 1.86. The smallest absolute Gasteiger partial charge is 0.140 e. The Morgan fingerprint density at radius 2 is 2.38 bits per heavy atom. The summed E-state index contributed by atoms with van der Waals surface area (Å²) in [5.74, 6) is 0.934. The number of hydrogen-bond donors (Lipinski definition) is 1. The molecule has 1 aliphatic rings. The quantitative estimate of drug-likeness (QED) is 0.821. The molecule has 84 valence electrons. The number of nitrogens with zero attached hydrogens (tertiary/aromatic N) is 2. The Bertz CT molecular complexity index is 373. The summed E-state index contributed by atoms with van der Waals surface area (Å²) in [5.41, 5.74) is 1.49. The van der Waals surface area contributed by atoms with E-state index in [9.17, 15) is 0 Å². The van der Waals surface area contributed by atoms with Crippen LogP contribution in [0, 0.1) is 17.2 Å². The first-order valence-corrected chi connectivity index (χ1v) is 5.94. The average Bonchev–Trinajstić information content (AvgIpc) is 3.13. The summed E-state index contributed by atoms with van der Waals surface area (Å²) >= 11 is 0. The molecule has 1 atom stereocenters. The maximum atomic E-state index is 8.65. The highest BCUT2D eigenvalue weighted by molar-refractivity contribution is 5.43. The molecule has 1 saturated carbocycles. The fraction of sp³-hybridized carbons (Fsp3) is 0.538. The van der Waals surface area contributed by atoms with E-state index in [-0.39, 0.29) is 0 Å². The van der Waals surface area contributed by atoms with E-state index in [1.54, 1.807) is 12.3 Å². The molecular formula is C13H17N3. The van der Waals surface area contributed by atoms with E-state index in [4.69, 9.17) is 5.26 Å². The number of nitriles is 1. The SMILES string of the molecule is CCC(CC1CC1)Nc1ccc(C#N)nc1. The van der Waals surface area contributed by atoms with Gasteiger partial charge >= 0.3 is 0 Å². The lowest BCUT2D eigenvalue weighted by molar-refractivity contribution is 0.587. The summed E-state index contributed by atoms with van der Waals surface area (Å²) in [6.45, 7) is 2.21. The number of hydrogen-bond acceptors (Lipinski definition) is 3. The lowest BCUT2D eigenvalue weighted by atomic mass is 10.1. The van der Waals surface area contributed by atoms with Crippen LogP contribution in [0.2, 0.25) is 0 Å². The molecule has 1 aromatic heterocycles. The maximum absolute atomic E-state index is 8.65. The van der Waals surface area contributed by atoms with Gasteiger partial charge in [0.25, 0.3) is 0 Å². The van der Waals surface area contributed by atoms with E-state index in [1.165, 1.54) is 19.3 Å². The van der Waals surface area contributed by atoms with Crippen molar-refractivity contribution in [2.75, 3.05) is 5.32 Å². The zero-order valence-electron chi connectivity index (χ0n) is 9.61. The Morgan fingerprint density at radius 1 is 1.56 bits per heavy atom. The van der Waals surface area contributed by atoms with Crippen molar-refractivity contribution >= 4 is 5.69 Å². The van der Waals surface area contributed by atoms with E-state index in [0.29, 0.717) is 11.7 Å². The van der Waals surface area contributed by atoms with Gasteiger partial charge in [-0.05, 0) is 30.9 Å². The van der Waals surface area contributed by atoms with Gasteiger partial charge in [-0.15, -0.1) is 0 Å². The van der Waals surface area contributed by atoms with Crippen LogP contribution in [0.1, 0.15) is 38.3 Å². The topological polar surface area (TPSA) is 48.7 Å². The van der Waals surface area contributed by atoms with Gasteiger partial charge in [0, 0.05) is 6.04 Å². The second kappa shape index (κ2) is 4.98. The third-order valence-electron chi connectivity index (χ3n) is 3.06. The lowest BCUT2D eigenvalue weighted by Gasteiger charge is -2.17. The molecule has 1 N–H and O–H groups in total. The van der Waals surface area contributed by atoms with Crippen LogP contribution in [0.25, 0.3) is 0 Å². The van der Waals surface area contributed by atoms with E-state index in [1.807, 2.05) is 12.1 Å². The van der Waals surface area contributed by atoms with Gasteiger partial charge in [-0.2, -0.15) is 5.26 Å². The molecule has 1 unspecified atom stereocenters. The molecule has 1 heterocycles. The van der Waals surface area contributed by atoms with Crippen molar-refractivity contribution in [3.05, 3.63) is 24.0 Å². The van der Waals surface area contributed by atoms with Crippen LogP contribution in [0.4, 0.5) is 5.69 Å². The molecule has 1 fully saturated rings. The van der Waals surface area contributed by atoms with Crippen LogP contribution in [0.5, 0.6) is 0 Å². The van der Waals surface area contributed by atoms with Crippen molar-refractivity contribution in [3.8, 4) is 6.07 Å². The average molecular weight is 215 g/mol. The second-order valence-corrected chi connectivity index (χ2v) is 4.47. The summed E-state index contributed by atoms with van der Waals surface area (Å²) in [7, 11) is 0. The Morgan fingerprint density at radius 3 is 2.88 bits per heavy atom. The Balaban J connectivity index is 1.92. The molecule has 0 saturated heterocycles. The monoisotopic (exact) mass is 215 g/mol. The summed E-state index contributed by atoms with van der Waals surface area (Å²) in [4.78, 5) is 4.06. The first kappa shape index (κ1) is 10.9. The highest BCUT2D eigenvalue weighted by atomic mass is 14.9. The minimum Gasteiger partial charge on any atom is -0.381 e. The molecule has 3 heteroatoms. The molecular weight excluding hydrogens is 198 g/mol. The molecule has 0 spiro atoms. The van der Waals surface area contributed by atoms with Crippen molar-refractivity contribution < 1.29 is 0 Å². The molecule has 0 aliphatic heterocycles. The Labute approximate surface area is 96.5 Å². The Kier molecular flexibility index (Phi) is 3.40. The minimum atomic E-state index is 0.473. The third kappa shape index (κ3) is 2.96. The highest BCUT2D eigenvalue weighted by Gasteiger charge is 2.24. The first-order chi connectivity index (χ1) is 7.81. The predicted octanol–water partition coefficient (Wildman–Crippen LogP) is 2.94. The van der Waals surface area contributed by atoms with Crippen molar-refractivity contribution in [1.29, 1.82) is 5.26 Å². The van der Waals surface area contributed by atoms with Gasteiger partial charge in [0.2, 0.25) is 0 Å². The van der Waals surface area contributed by atoms with E-state index in [2.05, 4.69) is 17.2 Å². The van der Waals surface area contributed by atoms with Gasteiger partial charge in [-0.3, -0.25) is 0 Å². The van der Waals surface area contributed by atoms with E-state index < -0.39 is 0 Å². The van der Waals surface area contributed by atoms with Gasteiger partial charge in [0.1, 0.15) is 11.8 Å². The van der Waals surface area contributed by atoms with Crippen molar-refractivity contribution in [2.45, 2.75) is 38.6 Å². The number of anilines is 1. The number of rotatable bonds is 5. The van der Waals surface area contributed by atoms with Gasteiger partial charge < -0.3 is 5.32 Å². The van der Waals surface area contributed by atoms with Crippen molar-refractivity contribution in [1.82, 2.24) is 4.98 Å². The van der Waals surface area contributed by atoms with Crippen LogP contribution < -0.4 is 5.32 Å². The minimum absolute atomic E-state index is 0.473. The van der Waals surface area contributed by atoms with Gasteiger partial charge in [-0.25, -0.2) is 4.98 Å². The maximum Gasteiger partial charge on any atom is 0.140 e. The summed E-state index contributed by atoms with van der Waals surface area (Å²) in [5, 5.41) is 12.1. The second-order valence-electron chi connectivity index (χ2n) is 4.47. The van der Waals surface area contributed by atoms with Gasteiger partial charge in [0.05, 0.1) is 11.9 Å². The van der Waals surface area contributed by atoms with E-state index in [0.717, 1.165) is 18.0 Å². The van der Waals surface area contributed by atoms with E-state index >= 15 is 0 Å². The molecule has 16 heavy (non-hydrogen) atoms. The third-order valence-corrected chi connectivity index (χ3v) is 3.06. The predicted molar refractivity (Wildman–Crippen MR) is 64.0 cm³/mol. The first-order valence-electron chi connectivity index (χ1n) is 5.94. The molecule has 0 radical (unpaired) electrons. The molecule has 3 nitrogen and oxygen atoms in total. The van der Waals surface area contributed by atoms with Crippen LogP contribution in [-0.2, 0) is 0 Å². The summed E-state index contributed by atoms with van der Waals surface area (Å²) in [6.07, 6.45) is 6.93. The van der Waals surface area contributed by atoms with Crippen LogP contribution >= 0.6 is 0 Å². The number of pyridine rings is 1. The van der Waals surface area contributed by atoms with Crippen LogP contribution in [0.3, 0.4) is 0 Å². The van der Waals surface area contributed by atoms with Crippen molar-refractivity contribution in [3.63, 3.8) is 0 Å². The standard InChI is InChI=1S/C13H17N3/c1-2-11(7-10-3-4-10)16-13-6-5-12(8-14)15-9-13/h5-6,9-11,16H,2-4,7H2,1H3. The van der Waals surface area contributed by atoms with Crippen LogP contribution in [-0.4, -0.2) is 11.0 Å². The molecule has 0 amide bonds. The van der Waals surface area contributed by atoms with Gasteiger partial charge in [-0.1, -0.05) is 19.8 Å². The van der Waals surface area contributed by atoms with Crippen LogP contribution in [0.15, 0.2) is 18.3 Å². The fourth-order valence-electron chi connectivity index (χ4n) is 1.86. The molecule has 0 bridgehead atoms. The highest BCUT2D eigenvalue weighted by Crippen LogP contribution is 2.34. The molecule has 0 aromatic carbocycles. The molecule has 1 aliphatic carbocycles. The van der Waals surface area contributed by atoms with Crippen molar-refractivity contribution in [2.24, 2.45) is 5.92 Å². The Hall–Kier alpha value is -1.56. The largest absolute Gasteiger partial charge is 0.381 e. The molecule has 1 aromatic rings.